The van der Waals surface area contributed by atoms with Crippen LogP contribution in [0.2, 0.25) is 0 Å². The summed E-state index contributed by atoms with van der Waals surface area (Å²) in [6.07, 6.45) is 5.09. The van der Waals surface area contributed by atoms with Crippen molar-refractivity contribution < 1.29 is 18.0 Å². The second-order valence-electron chi connectivity index (χ2n) is 8.00. The number of carbonyl (C=O) groups excluding carboxylic acids is 2. The van der Waals surface area contributed by atoms with Gasteiger partial charge in [0.15, 0.2) is 0 Å². The molecule has 11 heteroatoms. The van der Waals surface area contributed by atoms with E-state index in [1.807, 2.05) is 0 Å². The van der Waals surface area contributed by atoms with Gasteiger partial charge in [-0.05, 0) is 37.8 Å². The van der Waals surface area contributed by atoms with Crippen LogP contribution in [0, 0.1) is 0 Å². The van der Waals surface area contributed by atoms with Gasteiger partial charge in [-0.1, -0.05) is 18.9 Å². The number of nitrogens with one attached hydrogen (secondary N) is 1. The van der Waals surface area contributed by atoms with E-state index in [1.54, 1.807) is 17.0 Å². The van der Waals surface area contributed by atoms with Crippen LogP contribution in [0.4, 0.5) is 0 Å². The summed E-state index contributed by atoms with van der Waals surface area (Å²) in [5.41, 5.74) is 0.879. The number of aromatic nitrogens is 2. The van der Waals surface area contributed by atoms with Crippen LogP contribution in [0.5, 0.6) is 0 Å². The second-order valence-corrected chi connectivity index (χ2v) is 10.4. The molecule has 1 atom stereocenters. The van der Waals surface area contributed by atoms with Gasteiger partial charge in [0, 0.05) is 32.6 Å². The third-order valence-corrected chi connectivity index (χ3v) is 8.40. The summed E-state index contributed by atoms with van der Waals surface area (Å²) in [6.45, 7) is 1.81. The Balaban J connectivity index is 1.57. The van der Waals surface area contributed by atoms with Gasteiger partial charge < -0.3 is 10.2 Å². The smallest absolute Gasteiger partial charge is 0.246 e. The molecule has 9 nitrogen and oxygen atoms in total. The molecule has 0 aliphatic carbocycles. The van der Waals surface area contributed by atoms with Crippen LogP contribution in [-0.2, 0) is 19.6 Å². The van der Waals surface area contributed by atoms with E-state index in [2.05, 4.69) is 14.1 Å². The van der Waals surface area contributed by atoms with E-state index in [9.17, 15) is 18.0 Å². The third-order valence-electron chi connectivity index (χ3n) is 5.92. The van der Waals surface area contributed by atoms with E-state index in [0.717, 1.165) is 37.4 Å². The van der Waals surface area contributed by atoms with Gasteiger partial charge in [-0.15, -0.1) is 0 Å². The molecule has 1 N–H and O–H groups in total. The predicted molar refractivity (Wildman–Crippen MR) is 117 cm³/mol. The zero-order valence-electron chi connectivity index (χ0n) is 17.3. The SMILES string of the molecule is O=C1CCN(C(=O)[C@@H]2CCCN2S(=O)(=O)c2cccc3nsnc23)CCCCCCN1. The molecule has 0 spiro atoms. The Morgan fingerprint density at radius 2 is 1.90 bits per heavy atom. The number of fused-ring (bicyclic) bond motifs is 1. The first-order valence-corrected chi connectivity index (χ1v) is 12.9. The number of amides is 2. The molecule has 0 radical (unpaired) electrons. The summed E-state index contributed by atoms with van der Waals surface area (Å²) in [5.74, 6) is -0.282. The molecule has 2 saturated heterocycles. The van der Waals surface area contributed by atoms with Gasteiger partial charge in [0.1, 0.15) is 22.0 Å². The van der Waals surface area contributed by atoms with Gasteiger partial charge in [0.05, 0.1) is 11.7 Å². The molecule has 1 aromatic heterocycles. The number of hydrogen-bond acceptors (Lipinski definition) is 7. The standard InChI is InChI=1S/C20H27N5O4S2/c26-18-10-14-24(12-4-2-1-3-11-21-18)20(27)16-8-6-13-25(16)31(28,29)17-9-5-7-15-19(17)23-30-22-15/h5,7,9,16H,1-4,6,8,10-14H2,(H,21,26)/t16-/m0/s1. The van der Waals surface area contributed by atoms with Gasteiger partial charge in [-0.25, -0.2) is 8.42 Å². The Kier molecular flexibility index (Phi) is 6.83. The van der Waals surface area contributed by atoms with Crippen molar-refractivity contribution in [1.29, 1.82) is 0 Å². The minimum Gasteiger partial charge on any atom is -0.356 e. The van der Waals surface area contributed by atoms with Crippen molar-refractivity contribution in [2.24, 2.45) is 0 Å². The molecule has 2 fully saturated rings. The molecule has 168 valence electrons. The Hall–Kier alpha value is -2.11. The summed E-state index contributed by atoms with van der Waals surface area (Å²) in [6, 6.07) is 4.15. The maximum Gasteiger partial charge on any atom is 0.246 e. The van der Waals surface area contributed by atoms with E-state index in [0.29, 0.717) is 50.1 Å². The van der Waals surface area contributed by atoms with Gasteiger partial charge >= 0.3 is 0 Å². The highest BCUT2D eigenvalue weighted by molar-refractivity contribution is 7.89. The number of hydrogen-bond donors (Lipinski definition) is 1. The fourth-order valence-electron chi connectivity index (χ4n) is 4.27. The molecule has 0 bridgehead atoms. The van der Waals surface area contributed by atoms with Gasteiger partial charge in [-0.2, -0.15) is 13.1 Å². The molecule has 3 heterocycles. The number of nitrogens with zero attached hydrogens (tertiary/aromatic N) is 4. The van der Waals surface area contributed by atoms with Crippen molar-refractivity contribution in [3.8, 4) is 0 Å². The van der Waals surface area contributed by atoms with Crippen LogP contribution in [0.25, 0.3) is 11.0 Å². The lowest BCUT2D eigenvalue weighted by atomic mass is 10.1. The molecule has 1 aromatic carbocycles. The fourth-order valence-corrected chi connectivity index (χ4v) is 6.67. The maximum atomic E-state index is 13.5. The van der Waals surface area contributed by atoms with Gasteiger partial charge in [-0.3, -0.25) is 9.59 Å². The zero-order valence-corrected chi connectivity index (χ0v) is 19.0. The van der Waals surface area contributed by atoms with Crippen LogP contribution >= 0.6 is 11.7 Å². The predicted octanol–water partition coefficient (Wildman–Crippen LogP) is 1.75. The summed E-state index contributed by atoms with van der Waals surface area (Å²) in [7, 11) is -3.90. The highest BCUT2D eigenvalue weighted by atomic mass is 32.2. The first-order chi connectivity index (χ1) is 15.0. The van der Waals surface area contributed by atoms with E-state index >= 15 is 0 Å². The lowest BCUT2D eigenvalue weighted by Crippen LogP contribution is -2.48. The maximum absolute atomic E-state index is 13.5. The average Bonchev–Trinajstić information content (AvgIpc) is 3.43. The number of sulfonamides is 1. The van der Waals surface area contributed by atoms with E-state index < -0.39 is 16.1 Å². The molecule has 31 heavy (non-hydrogen) atoms. The number of benzene rings is 1. The number of rotatable bonds is 3. The minimum absolute atomic E-state index is 0.0710. The summed E-state index contributed by atoms with van der Waals surface area (Å²) in [4.78, 5) is 27.2. The van der Waals surface area contributed by atoms with Crippen LogP contribution in [0.1, 0.15) is 44.9 Å². The van der Waals surface area contributed by atoms with Crippen molar-refractivity contribution in [2.45, 2.75) is 55.9 Å². The summed E-state index contributed by atoms with van der Waals surface area (Å²) in [5, 5.41) is 2.88. The average molecular weight is 466 g/mol. The zero-order chi connectivity index (χ0) is 21.8. The van der Waals surface area contributed by atoms with Crippen molar-refractivity contribution in [3.63, 3.8) is 0 Å². The topological polar surface area (TPSA) is 113 Å². The van der Waals surface area contributed by atoms with Gasteiger partial charge in [0.25, 0.3) is 0 Å². The lowest BCUT2D eigenvalue weighted by molar-refractivity contribution is -0.135. The van der Waals surface area contributed by atoms with Crippen LogP contribution in [0.15, 0.2) is 23.1 Å². The van der Waals surface area contributed by atoms with Crippen LogP contribution in [-0.4, -0.2) is 70.4 Å². The Bertz CT molecular complexity index is 1050. The van der Waals surface area contributed by atoms with Crippen LogP contribution in [0.3, 0.4) is 0 Å². The highest BCUT2D eigenvalue weighted by Gasteiger charge is 2.42. The van der Waals surface area contributed by atoms with Crippen molar-refractivity contribution in [2.75, 3.05) is 26.2 Å². The van der Waals surface area contributed by atoms with Crippen molar-refractivity contribution in [1.82, 2.24) is 23.3 Å². The first-order valence-electron chi connectivity index (χ1n) is 10.8. The molecule has 2 amide bonds. The molecule has 2 aliphatic heterocycles. The molecule has 2 aliphatic rings. The Morgan fingerprint density at radius 1 is 1.06 bits per heavy atom. The van der Waals surface area contributed by atoms with E-state index in [1.165, 1.54) is 10.4 Å². The normalized spacial score (nSPS) is 22.3. The third kappa shape index (κ3) is 4.73. The number of carbonyl (C=O) groups is 2. The van der Waals surface area contributed by atoms with Gasteiger partial charge in [0.2, 0.25) is 21.8 Å². The van der Waals surface area contributed by atoms with E-state index in [4.69, 9.17) is 0 Å². The fraction of sp³-hybridized carbons (Fsp3) is 0.600. The first kappa shape index (κ1) is 22.1. The summed E-state index contributed by atoms with van der Waals surface area (Å²) < 4.78 is 36.6. The summed E-state index contributed by atoms with van der Waals surface area (Å²) >= 11 is 0.969. The quantitative estimate of drug-likeness (QED) is 0.739. The van der Waals surface area contributed by atoms with E-state index in [-0.39, 0.29) is 23.1 Å². The highest BCUT2D eigenvalue weighted by Crippen LogP contribution is 2.31. The van der Waals surface area contributed by atoms with Crippen LogP contribution < -0.4 is 5.32 Å². The Labute approximate surface area is 186 Å². The second kappa shape index (κ2) is 9.58. The minimum atomic E-state index is -3.90. The monoisotopic (exact) mass is 465 g/mol. The van der Waals surface area contributed by atoms with Crippen molar-refractivity contribution >= 4 is 44.6 Å². The molecule has 0 unspecified atom stereocenters. The Morgan fingerprint density at radius 3 is 2.77 bits per heavy atom. The molecule has 2 aromatic rings. The molecule has 4 rings (SSSR count). The lowest BCUT2D eigenvalue weighted by Gasteiger charge is -2.30. The largest absolute Gasteiger partial charge is 0.356 e. The molecular formula is C20H27N5O4S2. The molecular weight excluding hydrogens is 438 g/mol. The van der Waals surface area contributed by atoms with Crippen molar-refractivity contribution in [3.05, 3.63) is 18.2 Å². The molecule has 0 saturated carbocycles.